The number of nitrogens with zero attached hydrogens (tertiary/aromatic N) is 4. The maximum atomic E-state index is 6.12. The molecule has 0 amide bonds. The van der Waals surface area contributed by atoms with Crippen molar-refractivity contribution >= 4 is 28.4 Å². The van der Waals surface area contributed by atoms with E-state index in [2.05, 4.69) is 10.1 Å². The number of rotatable bonds is 3. The van der Waals surface area contributed by atoms with Gasteiger partial charge >= 0.3 is 0 Å². The fourth-order valence-corrected chi connectivity index (χ4v) is 3.20. The number of ether oxygens (including phenoxy) is 1. The van der Waals surface area contributed by atoms with E-state index in [9.17, 15) is 0 Å². The Morgan fingerprint density at radius 1 is 1.29 bits per heavy atom. The predicted octanol–water partition coefficient (Wildman–Crippen LogP) is 4.11. The Balaban J connectivity index is 1.72. The average molecular weight is 347 g/mol. The lowest BCUT2D eigenvalue weighted by atomic mass is 10.2. The Morgan fingerprint density at radius 2 is 2.17 bits per heavy atom. The zero-order chi connectivity index (χ0) is 16.7. The van der Waals surface area contributed by atoms with Gasteiger partial charge in [-0.15, -0.1) is 0 Å². The molecule has 4 heterocycles. The third-order valence-electron chi connectivity index (χ3n) is 4.25. The van der Waals surface area contributed by atoms with Crippen LogP contribution in [0.15, 0.2) is 28.9 Å². The van der Waals surface area contributed by atoms with Gasteiger partial charge in [-0.3, -0.25) is 0 Å². The van der Waals surface area contributed by atoms with Crippen molar-refractivity contribution in [3.63, 3.8) is 0 Å². The zero-order valence-electron chi connectivity index (χ0n) is 13.7. The summed E-state index contributed by atoms with van der Waals surface area (Å²) in [7, 11) is 3.90. The summed E-state index contributed by atoms with van der Waals surface area (Å²) in [6.45, 7) is 0.791. The SMILES string of the molecule is CN(C)c1cc(Cl)nc2cc(-c3cnn(C4CCCCO4)c3)oc12. The van der Waals surface area contributed by atoms with Crippen LogP contribution in [0.5, 0.6) is 0 Å². The van der Waals surface area contributed by atoms with Crippen LogP contribution in [0.1, 0.15) is 25.5 Å². The van der Waals surface area contributed by atoms with Crippen molar-refractivity contribution < 1.29 is 9.15 Å². The van der Waals surface area contributed by atoms with Crippen LogP contribution < -0.4 is 4.90 Å². The van der Waals surface area contributed by atoms with E-state index in [0.29, 0.717) is 5.15 Å². The largest absolute Gasteiger partial charge is 0.452 e. The zero-order valence-corrected chi connectivity index (χ0v) is 14.5. The fraction of sp³-hybridized carbons (Fsp3) is 0.412. The highest BCUT2D eigenvalue weighted by atomic mass is 35.5. The molecule has 0 aliphatic carbocycles. The van der Waals surface area contributed by atoms with Gasteiger partial charge in [-0.1, -0.05) is 11.6 Å². The number of pyridine rings is 1. The monoisotopic (exact) mass is 346 g/mol. The van der Waals surface area contributed by atoms with Gasteiger partial charge < -0.3 is 14.1 Å². The molecule has 1 atom stereocenters. The molecular weight excluding hydrogens is 328 g/mol. The minimum absolute atomic E-state index is 0.0155. The third kappa shape index (κ3) is 2.76. The first kappa shape index (κ1) is 15.5. The van der Waals surface area contributed by atoms with Crippen molar-refractivity contribution in [3.05, 3.63) is 29.7 Å². The van der Waals surface area contributed by atoms with Gasteiger partial charge in [-0.25, -0.2) is 9.67 Å². The molecular formula is C17H19ClN4O2. The van der Waals surface area contributed by atoms with E-state index < -0.39 is 0 Å². The van der Waals surface area contributed by atoms with E-state index in [1.54, 1.807) is 12.3 Å². The summed E-state index contributed by atoms with van der Waals surface area (Å²) in [5, 5.41) is 4.89. The molecule has 1 aliphatic rings. The normalized spacial score (nSPS) is 18.2. The topological polar surface area (TPSA) is 56.3 Å². The van der Waals surface area contributed by atoms with Gasteiger partial charge in [0.15, 0.2) is 5.58 Å². The summed E-state index contributed by atoms with van der Waals surface area (Å²) in [5.74, 6) is 0.727. The highest BCUT2D eigenvalue weighted by Gasteiger charge is 2.19. The molecule has 7 heteroatoms. The van der Waals surface area contributed by atoms with E-state index in [1.807, 2.05) is 35.9 Å². The molecule has 4 rings (SSSR count). The molecule has 3 aromatic heterocycles. The molecule has 0 spiro atoms. The van der Waals surface area contributed by atoms with Crippen molar-refractivity contribution in [2.24, 2.45) is 0 Å². The van der Waals surface area contributed by atoms with E-state index in [0.717, 1.165) is 47.6 Å². The van der Waals surface area contributed by atoms with E-state index in [-0.39, 0.29) is 6.23 Å². The molecule has 0 radical (unpaired) electrons. The maximum absolute atomic E-state index is 6.12. The number of hydrogen-bond donors (Lipinski definition) is 0. The minimum atomic E-state index is 0.0155. The van der Waals surface area contributed by atoms with Crippen LogP contribution in [-0.4, -0.2) is 35.5 Å². The second-order valence-electron chi connectivity index (χ2n) is 6.21. The molecule has 0 aromatic carbocycles. The first-order chi connectivity index (χ1) is 11.6. The lowest BCUT2D eigenvalue weighted by Gasteiger charge is -2.22. The van der Waals surface area contributed by atoms with Crippen LogP contribution in [-0.2, 0) is 4.74 Å². The van der Waals surface area contributed by atoms with Crippen LogP contribution in [0.4, 0.5) is 5.69 Å². The average Bonchev–Trinajstić information content (AvgIpc) is 3.21. The molecule has 1 unspecified atom stereocenters. The second-order valence-corrected chi connectivity index (χ2v) is 6.60. The molecule has 1 saturated heterocycles. The maximum Gasteiger partial charge on any atom is 0.176 e. The summed E-state index contributed by atoms with van der Waals surface area (Å²) in [6.07, 6.45) is 7.05. The summed E-state index contributed by atoms with van der Waals surface area (Å²) in [6, 6.07) is 3.70. The Hall–Kier alpha value is -2.05. The second kappa shape index (κ2) is 6.11. The van der Waals surface area contributed by atoms with Crippen LogP contribution in [0.2, 0.25) is 5.15 Å². The lowest BCUT2D eigenvalue weighted by molar-refractivity contribution is -0.0394. The number of halogens is 1. The number of aromatic nitrogens is 3. The van der Waals surface area contributed by atoms with Gasteiger partial charge in [-0.2, -0.15) is 5.10 Å². The number of hydrogen-bond acceptors (Lipinski definition) is 5. The highest BCUT2D eigenvalue weighted by molar-refractivity contribution is 6.30. The summed E-state index contributed by atoms with van der Waals surface area (Å²) < 4.78 is 13.7. The Morgan fingerprint density at radius 3 is 2.92 bits per heavy atom. The van der Waals surface area contributed by atoms with Crippen molar-refractivity contribution in [2.75, 3.05) is 25.6 Å². The van der Waals surface area contributed by atoms with E-state index in [4.69, 9.17) is 20.8 Å². The van der Waals surface area contributed by atoms with Crippen molar-refractivity contribution in [1.29, 1.82) is 0 Å². The molecule has 24 heavy (non-hydrogen) atoms. The third-order valence-corrected chi connectivity index (χ3v) is 4.44. The van der Waals surface area contributed by atoms with Gasteiger partial charge in [0.1, 0.15) is 22.7 Å². The molecule has 1 fully saturated rings. The molecule has 0 bridgehead atoms. The highest BCUT2D eigenvalue weighted by Crippen LogP contribution is 2.34. The summed E-state index contributed by atoms with van der Waals surface area (Å²) in [4.78, 5) is 6.32. The van der Waals surface area contributed by atoms with Crippen LogP contribution in [0.3, 0.4) is 0 Å². The molecule has 1 aliphatic heterocycles. The lowest BCUT2D eigenvalue weighted by Crippen LogP contribution is -2.18. The number of fused-ring (bicyclic) bond motifs is 1. The van der Waals surface area contributed by atoms with Crippen LogP contribution in [0, 0.1) is 0 Å². The van der Waals surface area contributed by atoms with E-state index in [1.165, 1.54) is 6.42 Å². The van der Waals surface area contributed by atoms with Crippen LogP contribution >= 0.6 is 11.6 Å². The molecule has 0 N–H and O–H groups in total. The fourth-order valence-electron chi connectivity index (χ4n) is 3.00. The predicted molar refractivity (Wildman–Crippen MR) is 93.4 cm³/mol. The van der Waals surface area contributed by atoms with E-state index >= 15 is 0 Å². The first-order valence-corrected chi connectivity index (χ1v) is 8.43. The van der Waals surface area contributed by atoms with Crippen molar-refractivity contribution in [3.8, 4) is 11.3 Å². The van der Waals surface area contributed by atoms with Crippen LogP contribution in [0.25, 0.3) is 22.4 Å². The van der Waals surface area contributed by atoms with Gasteiger partial charge in [0.05, 0.1) is 17.4 Å². The molecule has 3 aromatic rings. The minimum Gasteiger partial charge on any atom is -0.452 e. The Kier molecular flexibility index (Phi) is 3.94. The standard InChI is InChI=1S/C17H19ClN4O2/c1-21(2)13-8-15(18)20-12-7-14(24-17(12)13)11-9-19-22(10-11)16-5-3-4-6-23-16/h7-10,16H,3-6H2,1-2H3. The van der Waals surface area contributed by atoms with Gasteiger partial charge in [-0.05, 0) is 19.3 Å². The summed E-state index contributed by atoms with van der Waals surface area (Å²) >= 11 is 6.12. The molecule has 6 nitrogen and oxygen atoms in total. The number of furan rings is 1. The Labute approximate surface area is 145 Å². The van der Waals surface area contributed by atoms with Crippen molar-refractivity contribution in [1.82, 2.24) is 14.8 Å². The van der Waals surface area contributed by atoms with Gasteiger partial charge in [0.2, 0.25) is 0 Å². The smallest absolute Gasteiger partial charge is 0.176 e. The van der Waals surface area contributed by atoms with Crippen molar-refractivity contribution in [2.45, 2.75) is 25.5 Å². The quantitative estimate of drug-likeness (QED) is 0.668. The van der Waals surface area contributed by atoms with Gasteiger partial charge in [0, 0.05) is 39.0 Å². The van der Waals surface area contributed by atoms with Gasteiger partial charge in [0.25, 0.3) is 0 Å². The Bertz CT molecular complexity index is 865. The number of anilines is 1. The summed E-state index contributed by atoms with van der Waals surface area (Å²) in [5.41, 5.74) is 3.27. The first-order valence-electron chi connectivity index (χ1n) is 8.05. The molecule has 0 saturated carbocycles. The molecule has 126 valence electrons.